The van der Waals surface area contributed by atoms with E-state index in [-0.39, 0.29) is 23.3 Å². The highest BCUT2D eigenvalue weighted by molar-refractivity contribution is 8.00. The SMILES string of the molecule is O=C(CSc1ccc(Cl)c(Cl)c1Cl)OCC(=O)N1CCCCC1. The van der Waals surface area contributed by atoms with Crippen molar-refractivity contribution in [2.75, 3.05) is 25.4 Å². The van der Waals surface area contributed by atoms with E-state index in [1.165, 1.54) is 11.8 Å². The Morgan fingerprint density at radius 3 is 2.48 bits per heavy atom. The van der Waals surface area contributed by atoms with Gasteiger partial charge in [0.05, 0.1) is 20.8 Å². The first kappa shape index (κ1) is 18.7. The van der Waals surface area contributed by atoms with Crippen LogP contribution in [0, 0.1) is 0 Å². The molecule has 0 bridgehead atoms. The molecule has 0 radical (unpaired) electrons. The maximum absolute atomic E-state index is 11.9. The van der Waals surface area contributed by atoms with Gasteiger partial charge in [-0.15, -0.1) is 11.8 Å². The summed E-state index contributed by atoms with van der Waals surface area (Å²) in [5.74, 6) is -0.566. The molecular weight excluding hydrogens is 381 g/mol. The molecule has 0 N–H and O–H groups in total. The number of benzene rings is 1. The number of nitrogens with zero attached hydrogens (tertiary/aromatic N) is 1. The van der Waals surface area contributed by atoms with Crippen LogP contribution in [0.5, 0.6) is 0 Å². The van der Waals surface area contributed by atoms with E-state index in [0.717, 1.165) is 32.4 Å². The van der Waals surface area contributed by atoms with Gasteiger partial charge in [-0.25, -0.2) is 0 Å². The van der Waals surface area contributed by atoms with Gasteiger partial charge in [-0.05, 0) is 31.4 Å². The summed E-state index contributed by atoms with van der Waals surface area (Å²) in [6, 6.07) is 3.30. The van der Waals surface area contributed by atoms with Gasteiger partial charge in [0, 0.05) is 18.0 Å². The van der Waals surface area contributed by atoms with Gasteiger partial charge in [-0.3, -0.25) is 9.59 Å². The number of ether oxygens (including phenoxy) is 1. The van der Waals surface area contributed by atoms with Crippen molar-refractivity contribution >= 4 is 58.4 Å². The topological polar surface area (TPSA) is 46.6 Å². The number of rotatable bonds is 5. The van der Waals surface area contributed by atoms with Gasteiger partial charge in [0.1, 0.15) is 0 Å². The van der Waals surface area contributed by atoms with Gasteiger partial charge < -0.3 is 9.64 Å². The molecule has 1 aliphatic heterocycles. The van der Waals surface area contributed by atoms with E-state index in [4.69, 9.17) is 39.5 Å². The van der Waals surface area contributed by atoms with Crippen LogP contribution in [0.15, 0.2) is 17.0 Å². The molecule has 1 fully saturated rings. The highest BCUT2D eigenvalue weighted by Gasteiger charge is 2.18. The fraction of sp³-hybridized carbons (Fsp3) is 0.467. The van der Waals surface area contributed by atoms with Crippen LogP contribution in [0.2, 0.25) is 15.1 Å². The number of carbonyl (C=O) groups excluding carboxylic acids is 2. The molecule has 1 aromatic rings. The quantitative estimate of drug-likeness (QED) is 0.423. The van der Waals surface area contributed by atoms with E-state index in [2.05, 4.69) is 0 Å². The molecule has 1 amide bonds. The zero-order chi connectivity index (χ0) is 16.8. The predicted octanol–water partition coefficient (Wildman–Crippen LogP) is 4.29. The number of carbonyl (C=O) groups is 2. The maximum Gasteiger partial charge on any atom is 0.316 e. The second kappa shape index (κ2) is 9.02. The molecule has 0 atom stereocenters. The van der Waals surface area contributed by atoms with Crippen LogP contribution in [-0.4, -0.2) is 42.2 Å². The molecule has 23 heavy (non-hydrogen) atoms. The molecule has 1 saturated heterocycles. The van der Waals surface area contributed by atoms with Gasteiger partial charge in [0.25, 0.3) is 5.91 Å². The minimum absolute atomic E-state index is 0.0466. The highest BCUT2D eigenvalue weighted by Crippen LogP contribution is 2.37. The fourth-order valence-electron chi connectivity index (χ4n) is 2.17. The number of amides is 1. The monoisotopic (exact) mass is 395 g/mol. The fourth-order valence-corrected chi connectivity index (χ4v) is 3.68. The van der Waals surface area contributed by atoms with Gasteiger partial charge in [0.2, 0.25) is 0 Å². The smallest absolute Gasteiger partial charge is 0.316 e. The summed E-state index contributed by atoms with van der Waals surface area (Å²) in [4.78, 5) is 26.0. The lowest BCUT2D eigenvalue weighted by Crippen LogP contribution is -2.38. The lowest BCUT2D eigenvalue weighted by atomic mass is 10.1. The molecule has 0 saturated carbocycles. The van der Waals surface area contributed by atoms with Crippen molar-refractivity contribution < 1.29 is 14.3 Å². The zero-order valence-corrected chi connectivity index (χ0v) is 15.4. The summed E-state index contributed by atoms with van der Waals surface area (Å²) >= 11 is 19.0. The van der Waals surface area contributed by atoms with Crippen molar-refractivity contribution in [2.24, 2.45) is 0 Å². The van der Waals surface area contributed by atoms with E-state index in [0.29, 0.717) is 14.9 Å². The molecule has 1 heterocycles. The van der Waals surface area contributed by atoms with Crippen LogP contribution in [0.3, 0.4) is 0 Å². The van der Waals surface area contributed by atoms with Gasteiger partial charge in [0.15, 0.2) is 6.61 Å². The molecule has 0 unspecified atom stereocenters. The molecule has 126 valence electrons. The summed E-state index contributed by atoms with van der Waals surface area (Å²) in [6.45, 7) is 1.27. The summed E-state index contributed by atoms with van der Waals surface area (Å²) in [6.07, 6.45) is 3.15. The van der Waals surface area contributed by atoms with Crippen LogP contribution in [-0.2, 0) is 14.3 Å². The van der Waals surface area contributed by atoms with Crippen molar-refractivity contribution in [3.05, 3.63) is 27.2 Å². The van der Waals surface area contributed by atoms with Crippen molar-refractivity contribution in [3.63, 3.8) is 0 Å². The number of thioether (sulfide) groups is 1. The van der Waals surface area contributed by atoms with Crippen LogP contribution >= 0.6 is 46.6 Å². The second-order valence-corrected chi connectivity index (χ2v) is 7.24. The molecule has 2 rings (SSSR count). The number of hydrogen-bond donors (Lipinski definition) is 0. The summed E-state index contributed by atoms with van der Waals surface area (Å²) in [5.41, 5.74) is 0. The lowest BCUT2D eigenvalue weighted by Gasteiger charge is -2.26. The van der Waals surface area contributed by atoms with Crippen molar-refractivity contribution in [3.8, 4) is 0 Å². The Hall–Kier alpha value is -0.620. The van der Waals surface area contributed by atoms with E-state index in [1.54, 1.807) is 17.0 Å². The van der Waals surface area contributed by atoms with Gasteiger partial charge in [-0.2, -0.15) is 0 Å². The number of hydrogen-bond acceptors (Lipinski definition) is 4. The number of likely N-dealkylation sites (tertiary alicyclic amines) is 1. The Kier molecular flexibility index (Phi) is 7.34. The normalized spacial score (nSPS) is 14.7. The van der Waals surface area contributed by atoms with E-state index in [9.17, 15) is 9.59 Å². The van der Waals surface area contributed by atoms with Crippen molar-refractivity contribution in [2.45, 2.75) is 24.2 Å². The molecular formula is C15H16Cl3NO3S. The summed E-state index contributed by atoms with van der Waals surface area (Å²) in [7, 11) is 0. The van der Waals surface area contributed by atoms with Gasteiger partial charge >= 0.3 is 5.97 Å². The average Bonchev–Trinajstić information content (AvgIpc) is 2.57. The van der Waals surface area contributed by atoms with Crippen molar-refractivity contribution in [1.82, 2.24) is 4.90 Å². The third kappa shape index (κ3) is 5.45. The standard InChI is InChI=1S/C15H16Cl3NO3S/c16-10-4-5-11(15(18)14(10)17)23-9-13(21)22-8-12(20)19-6-2-1-3-7-19/h4-5H,1-3,6-9H2. The lowest BCUT2D eigenvalue weighted by molar-refractivity contribution is -0.150. The molecule has 1 aliphatic rings. The Morgan fingerprint density at radius 2 is 1.78 bits per heavy atom. The van der Waals surface area contributed by atoms with E-state index < -0.39 is 5.97 Å². The van der Waals surface area contributed by atoms with Crippen LogP contribution < -0.4 is 0 Å². The Balaban J connectivity index is 1.77. The minimum Gasteiger partial charge on any atom is -0.455 e. The molecule has 0 spiro atoms. The number of esters is 1. The maximum atomic E-state index is 11.9. The molecule has 4 nitrogen and oxygen atoms in total. The first-order valence-corrected chi connectivity index (χ1v) is 9.30. The zero-order valence-electron chi connectivity index (χ0n) is 12.3. The number of piperidine rings is 1. The third-order valence-electron chi connectivity index (χ3n) is 3.41. The molecule has 8 heteroatoms. The van der Waals surface area contributed by atoms with Gasteiger partial charge in [-0.1, -0.05) is 34.8 Å². The minimum atomic E-state index is -0.470. The Morgan fingerprint density at radius 1 is 1.09 bits per heavy atom. The number of halogens is 3. The third-order valence-corrected chi connectivity index (χ3v) is 5.85. The highest BCUT2D eigenvalue weighted by atomic mass is 35.5. The van der Waals surface area contributed by atoms with Crippen LogP contribution in [0.4, 0.5) is 0 Å². The summed E-state index contributed by atoms with van der Waals surface area (Å²) in [5, 5.41) is 0.920. The molecule has 0 aliphatic carbocycles. The van der Waals surface area contributed by atoms with Crippen molar-refractivity contribution in [1.29, 1.82) is 0 Å². The molecule has 0 aromatic heterocycles. The predicted molar refractivity (Wildman–Crippen MR) is 93.6 cm³/mol. The largest absolute Gasteiger partial charge is 0.455 e. The second-order valence-electron chi connectivity index (χ2n) is 5.06. The van der Waals surface area contributed by atoms with Crippen LogP contribution in [0.1, 0.15) is 19.3 Å². The Bertz CT molecular complexity index is 592. The van der Waals surface area contributed by atoms with E-state index >= 15 is 0 Å². The first-order valence-electron chi connectivity index (χ1n) is 7.18. The average molecular weight is 397 g/mol. The van der Waals surface area contributed by atoms with Crippen LogP contribution in [0.25, 0.3) is 0 Å². The first-order chi connectivity index (χ1) is 11.0. The van der Waals surface area contributed by atoms with E-state index in [1.807, 2.05) is 0 Å². The summed E-state index contributed by atoms with van der Waals surface area (Å²) < 4.78 is 5.02. The Labute approximate surface area is 154 Å². The molecule has 1 aromatic carbocycles.